The summed E-state index contributed by atoms with van der Waals surface area (Å²) in [4.78, 5) is 34.9. The summed E-state index contributed by atoms with van der Waals surface area (Å²) in [6.45, 7) is 5.12. The molecule has 1 aliphatic rings. The van der Waals surface area contributed by atoms with Gasteiger partial charge in [0.25, 0.3) is 0 Å². The highest BCUT2D eigenvalue weighted by atomic mass is 32.2. The van der Waals surface area contributed by atoms with Crippen LogP contribution in [0.2, 0.25) is 0 Å². The number of esters is 1. The smallest absolute Gasteiger partial charge is 0.326 e. The summed E-state index contributed by atoms with van der Waals surface area (Å²) in [7, 11) is 0. The number of aliphatic carboxylic acids is 1. The Morgan fingerprint density at radius 3 is 2.48 bits per heavy atom. The normalized spacial score (nSPS) is 20.4. The molecule has 2 N–H and O–H groups in total. The number of rotatable bonds is 5. The fourth-order valence-electron chi connectivity index (χ4n) is 1.96. The molecule has 2 atom stereocenters. The number of hydrogen-bond acceptors (Lipinski definition) is 5. The molecule has 0 radical (unpaired) electrons. The van der Waals surface area contributed by atoms with Crippen LogP contribution >= 0.6 is 11.8 Å². The summed E-state index contributed by atoms with van der Waals surface area (Å²) in [6.07, 6.45) is 2.43. The minimum atomic E-state index is -1.24. The summed E-state index contributed by atoms with van der Waals surface area (Å²) >= 11 is 1.53. The fourth-order valence-corrected chi connectivity index (χ4v) is 3.17. The van der Waals surface area contributed by atoms with Gasteiger partial charge in [-0.2, -0.15) is 0 Å². The highest BCUT2D eigenvalue weighted by Crippen LogP contribution is 2.25. The Kier molecular flexibility index (Phi) is 6.51. The second-order valence-electron chi connectivity index (χ2n) is 6.05. The first-order chi connectivity index (χ1) is 9.69. The molecule has 1 unspecified atom stereocenters. The quantitative estimate of drug-likeness (QED) is 0.748. The van der Waals surface area contributed by atoms with Gasteiger partial charge in [0.1, 0.15) is 11.6 Å². The molecule has 0 aliphatic carbocycles. The maximum absolute atomic E-state index is 12.0. The van der Waals surface area contributed by atoms with Crippen molar-refractivity contribution in [3.8, 4) is 0 Å². The third-order valence-electron chi connectivity index (χ3n) is 2.88. The molecule has 1 aliphatic heterocycles. The van der Waals surface area contributed by atoms with E-state index in [1.807, 2.05) is 0 Å². The van der Waals surface area contributed by atoms with Crippen molar-refractivity contribution in [2.75, 3.05) is 5.75 Å². The van der Waals surface area contributed by atoms with E-state index in [0.717, 1.165) is 25.0 Å². The largest absolute Gasteiger partial charge is 0.480 e. The van der Waals surface area contributed by atoms with Gasteiger partial charge in [0, 0.05) is 0 Å². The number of carboxylic acid groups (broad SMARTS) is 1. The number of ether oxygens (including phenoxy) is 1. The second kappa shape index (κ2) is 7.68. The Bertz CT molecular complexity index is 399. The van der Waals surface area contributed by atoms with E-state index in [-0.39, 0.29) is 17.6 Å². The van der Waals surface area contributed by atoms with Gasteiger partial charge < -0.3 is 15.2 Å². The third-order valence-corrected chi connectivity index (χ3v) is 4.25. The molecule has 0 saturated carbocycles. The molecule has 1 amide bonds. The molecule has 120 valence electrons. The lowest BCUT2D eigenvalue weighted by Gasteiger charge is -2.24. The topological polar surface area (TPSA) is 92.7 Å². The Balaban J connectivity index is 2.55. The van der Waals surface area contributed by atoms with Crippen LogP contribution in [-0.4, -0.2) is 45.6 Å². The summed E-state index contributed by atoms with van der Waals surface area (Å²) in [6, 6.07) is -1.24. The van der Waals surface area contributed by atoms with Crippen LogP contribution in [0.5, 0.6) is 0 Å². The Labute approximate surface area is 129 Å². The van der Waals surface area contributed by atoms with E-state index in [1.165, 1.54) is 11.8 Å². The minimum Gasteiger partial charge on any atom is -0.480 e. The number of hydrogen-bond donors (Lipinski definition) is 2. The molecule has 0 aromatic carbocycles. The van der Waals surface area contributed by atoms with E-state index in [4.69, 9.17) is 9.84 Å². The van der Waals surface area contributed by atoms with Gasteiger partial charge in [-0.1, -0.05) is 6.42 Å². The lowest BCUT2D eigenvalue weighted by molar-refractivity contribution is -0.158. The van der Waals surface area contributed by atoms with E-state index in [9.17, 15) is 14.4 Å². The number of carbonyl (C=O) groups excluding carboxylic acids is 2. The van der Waals surface area contributed by atoms with Crippen LogP contribution in [0, 0.1) is 0 Å². The van der Waals surface area contributed by atoms with Crippen LogP contribution in [0.3, 0.4) is 0 Å². The molecule has 0 aromatic rings. The predicted octanol–water partition coefficient (Wildman–Crippen LogP) is 1.57. The maximum Gasteiger partial charge on any atom is 0.326 e. The predicted molar refractivity (Wildman–Crippen MR) is 80.1 cm³/mol. The van der Waals surface area contributed by atoms with Crippen molar-refractivity contribution in [1.29, 1.82) is 0 Å². The summed E-state index contributed by atoms with van der Waals surface area (Å²) in [5.74, 6) is -1.26. The molecule has 0 spiro atoms. The molecular formula is C14H23NO5S. The molecular weight excluding hydrogens is 294 g/mol. The van der Waals surface area contributed by atoms with Crippen LogP contribution in [0.25, 0.3) is 0 Å². The van der Waals surface area contributed by atoms with Gasteiger partial charge in [-0.05, 0) is 39.4 Å². The fraction of sp³-hybridized carbons (Fsp3) is 0.786. The average molecular weight is 317 g/mol. The summed E-state index contributed by atoms with van der Waals surface area (Å²) in [5, 5.41) is 11.4. The van der Waals surface area contributed by atoms with Gasteiger partial charge in [-0.3, -0.25) is 9.59 Å². The van der Waals surface area contributed by atoms with Crippen molar-refractivity contribution in [2.24, 2.45) is 0 Å². The molecule has 1 saturated heterocycles. The second-order valence-corrected chi connectivity index (χ2v) is 7.36. The molecule has 1 rings (SSSR count). The number of nitrogens with one attached hydrogen (secondary N) is 1. The number of thioether (sulfide) groups is 1. The Morgan fingerprint density at radius 1 is 1.33 bits per heavy atom. The Morgan fingerprint density at radius 2 is 2.00 bits per heavy atom. The molecule has 7 heteroatoms. The standard InChI is InChI=1S/C14H23NO5S/c1-14(2,3)20-11(16)8-9(13(18)19)15-12(17)10-6-4-5-7-21-10/h9-10H,4-8H2,1-3H3,(H,15,17)(H,18,19)/t9-,10?/m0/s1. The van der Waals surface area contributed by atoms with Gasteiger partial charge in [-0.15, -0.1) is 11.8 Å². The zero-order chi connectivity index (χ0) is 16.0. The van der Waals surface area contributed by atoms with Crippen LogP contribution in [-0.2, 0) is 19.1 Å². The Hall–Kier alpha value is -1.24. The van der Waals surface area contributed by atoms with E-state index in [1.54, 1.807) is 20.8 Å². The zero-order valence-electron chi connectivity index (χ0n) is 12.7. The molecule has 1 fully saturated rings. The van der Waals surface area contributed by atoms with Gasteiger partial charge in [-0.25, -0.2) is 4.79 Å². The summed E-state index contributed by atoms with van der Waals surface area (Å²) < 4.78 is 5.09. The first-order valence-electron chi connectivity index (χ1n) is 7.05. The molecule has 6 nitrogen and oxygen atoms in total. The first-order valence-corrected chi connectivity index (χ1v) is 8.10. The lowest BCUT2D eigenvalue weighted by Crippen LogP contribution is -2.46. The van der Waals surface area contributed by atoms with Crippen LogP contribution in [0.1, 0.15) is 46.5 Å². The van der Waals surface area contributed by atoms with Crippen molar-refractivity contribution < 1.29 is 24.2 Å². The first kappa shape index (κ1) is 17.8. The highest BCUT2D eigenvalue weighted by Gasteiger charge is 2.30. The summed E-state index contributed by atoms with van der Waals surface area (Å²) in [5.41, 5.74) is -0.677. The average Bonchev–Trinajstić information content (AvgIpc) is 2.36. The van der Waals surface area contributed by atoms with Gasteiger partial charge >= 0.3 is 11.9 Å². The molecule has 0 bridgehead atoms. The van der Waals surface area contributed by atoms with Crippen LogP contribution in [0.4, 0.5) is 0 Å². The van der Waals surface area contributed by atoms with Crippen molar-refractivity contribution in [3.63, 3.8) is 0 Å². The van der Waals surface area contributed by atoms with E-state index in [0.29, 0.717) is 0 Å². The molecule has 21 heavy (non-hydrogen) atoms. The van der Waals surface area contributed by atoms with Gasteiger partial charge in [0.15, 0.2) is 0 Å². The maximum atomic E-state index is 12.0. The molecule has 1 heterocycles. The number of carbonyl (C=O) groups is 3. The van der Waals surface area contributed by atoms with E-state index >= 15 is 0 Å². The van der Waals surface area contributed by atoms with E-state index in [2.05, 4.69) is 5.32 Å². The van der Waals surface area contributed by atoms with Crippen molar-refractivity contribution in [3.05, 3.63) is 0 Å². The monoisotopic (exact) mass is 317 g/mol. The van der Waals surface area contributed by atoms with E-state index < -0.39 is 23.6 Å². The van der Waals surface area contributed by atoms with Crippen molar-refractivity contribution in [2.45, 2.75) is 63.3 Å². The highest BCUT2D eigenvalue weighted by molar-refractivity contribution is 8.00. The third kappa shape index (κ3) is 6.84. The number of amides is 1. The van der Waals surface area contributed by atoms with Crippen molar-refractivity contribution >= 4 is 29.6 Å². The zero-order valence-corrected chi connectivity index (χ0v) is 13.5. The van der Waals surface area contributed by atoms with Crippen molar-refractivity contribution in [1.82, 2.24) is 5.32 Å². The van der Waals surface area contributed by atoms with Crippen LogP contribution in [0.15, 0.2) is 0 Å². The number of carboxylic acids is 1. The van der Waals surface area contributed by atoms with Crippen LogP contribution < -0.4 is 5.32 Å². The van der Waals surface area contributed by atoms with Gasteiger partial charge in [0.2, 0.25) is 5.91 Å². The lowest BCUT2D eigenvalue weighted by atomic mass is 10.1. The molecule has 0 aromatic heterocycles. The minimum absolute atomic E-state index is 0.223. The van der Waals surface area contributed by atoms with Gasteiger partial charge in [0.05, 0.1) is 11.7 Å². The SMILES string of the molecule is CC(C)(C)OC(=O)C[C@H](NC(=O)C1CCCCS1)C(=O)O.